The van der Waals surface area contributed by atoms with Crippen molar-refractivity contribution < 1.29 is 4.79 Å². The molecule has 17 heavy (non-hydrogen) atoms. The van der Waals surface area contributed by atoms with Crippen molar-refractivity contribution in [3.63, 3.8) is 0 Å². The molecule has 0 fully saturated rings. The lowest BCUT2D eigenvalue weighted by molar-refractivity contribution is 0.0792. The van der Waals surface area contributed by atoms with E-state index >= 15 is 0 Å². The third-order valence-corrected chi connectivity index (χ3v) is 2.84. The molecule has 1 N–H and O–H groups in total. The minimum Gasteiger partial charge on any atom is -0.283 e. The second kappa shape index (κ2) is 5.59. The van der Waals surface area contributed by atoms with E-state index in [1.165, 1.54) is 5.57 Å². The molecule has 0 aliphatic carbocycles. The number of hydrazine groups is 1. The summed E-state index contributed by atoms with van der Waals surface area (Å²) < 4.78 is 0. The van der Waals surface area contributed by atoms with Crippen LogP contribution in [-0.2, 0) is 0 Å². The Hall–Kier alpha value is -1.68. The van der Waals surface area contributed by atoms with E-state index in [0.717, 1.165) is 25.9 Å². The van der Waals surface area contributed by atoms with E-state index in [1.807, 2.05) is 11.1 Å². The van der Waals surface area contributed by atoms with Gasteiger partial charge in [-0.25, -0.2) is 5.01 Å². The molecule has 1 aromatic heterocycles. The Bertz CT molecular complexity index is 414. The van der Waals surface area contributed by atoms with Gasteiger partial charge >= 0.3 is 0 Å². The zero-order valence-corrected chi connectivity index (χ0v) is 10.0. The predicted molar refractivity (Wildman–Crippen MR) is 66.3 cm³/mol. The molecule has 1 aliphatic rings. The largest absolute Gasteiger partial charge is 0.284 e. The van der Waals surface area contributed by atoms with Crippen molar-refractivity contribution in [3.8, 4) is 0 Å². The highest BCUT2D eigenvalue weighted by molar-refractivity contribution is 5.91. The number of amides is 1. The number of carbonyl (C=O) groups excluding carboxylic acids is 1. The summed E-state index contributed by atoms with van der Waals surface area (Å²) in [6.45, 7) is 3.81. The Kier molecular flexibility index (Phi) is 3.88. The van der Waals surface area contributed by atoms with Crippen LogP contribution in [-0.4, -0.2) is 29.0 Å². The lowest BCUT2D eigenvalue weighted by atomic mass is 10.1. The van der Waals surface area contributed by atoms with E-state index in [0.29, 0.717) is 5.69 Å². The normalized spacial score (nSPS) is 16.4. The molecule has 0 saturated heterocycles. The molecule has 0 bridgehead atoms. The highest BCUT2D eigenvalue weighted by atomic mass is 16.2. The average molecular weight is 231 g/mol. The topological polar surface area (TPSA) is 45.2 Å². The molecule has 2 heterocycles. The SMILES string of the molecule is CCC1=CCCN(NC(=O)c2ccccn2)C1. The van der Waals surface area contributed by atoms with Gasteiger partial charge in [-0.05, 0) is 25.0 Å². The summed E-state index contributed by atoms with van der Waals surface area (Å²) in [5.41, 5.74) is 4.72. The summed E-state index contributed by atoms with van der Waals surface area (Å²) in [6, 6.07) is 5.33. The third-order valence-electron chi connectivity index (χ3n) is 2.84. The van der Waals surface area contributed by atoms with Crippen LogP contribution in [0.3, 0.4) is 0 Å². The summed E-state index contributed by atoms with van der Waals surface area (Å²) in [6.07, 6.45) is 5.91. The Morgan fingerprint density at radius 3 is 3.12 bits per heavy atom. The standard InChI is InChI=1S/C13H17N3O/c1-2-11-6-5-9-16(10-11)15-13(17)12-7-3-4-8-14-12/h3-4,6-8H,2,5,9-10H2,1H3,(H,15,17). The number of hydrogen-bond donors (Lipinski definition) is 1. The molecule has 0 unspecified atom stereocenters. The minimum atomic E-state index is -0.136. The number of nitrogens with one attached hydrogen (secondary N) is 1. The van der Waals surface area contributed by atoms with Gasteiger partial charge in [0, 0.05) is 19.3 Å². The fourth-order valence-electron chi connectivity index (χ4n) is 1.86. The maximum absolute atomic E-state index is 11.9. The molecule has 90 valence electrons. The molecule has 0 atom stereocenters. The Labute approximate surface area is 101 Å². The molecule has 4 heteroatoms. The number of aromatic nitrogens is 1. The highest BCUT2D eigenvalue weighted by Gasteiger charge is 2.15. The van der Waals surface area contributed by atoms with Crippen LogP contribution in [0.2, 0.25) is 0 Å². The molecule has 1 aliphatic heterocycles. The van der Waals surface area contributed by atoms with Gasteiger partial charge in [-0.3, -0.25) is 15.2 Å². The molecule has 0 saturated carbocycles. The van der Waals surface area contributed by atoms with Gasteiger partial charge in [0.25, 0.3) is 5.91 Å². The van der Waals surface area contributed by atoms with Crippen LogP contribution in [0.4, 0.5) is 0 Å². The van der Waals surface area contributed by atoms with Gasteiger partial charge in [-0.2, -0.15) is 0 Å². The fourth-order valence-corrected chi connectivity index (χ4v) is 1.86. The first kappa shape index (κ1) is 11.8. The van der Waals surface area contributed by atoms with Crippen LogP contribution in [0.1, 0.15) is 30.3 Å². The summed E-state index contributed by atoms with van der Waals surface area (Å²) in [4.78, 5) is 15.9. The number of carbonyl (C=O) groups is 1. The van der Waals surface area contributed by atoms with E-state index < -0.39 is 0 Å². The summed E-state index contributed by atoms with van der Waals surface area (Å²) in [5, 5.41) is 1.95. The summed E-state index contributed by atoms with van der Waals surface area (Å²) in [5.74, 6) is -0.136. The second-order valence-corrected chi connectivity index (χ2v) is 4.08. The van der Waals surface area contributed by atoms with Crippen LogP contribution in [0.5, 0.6) is 0 Å². The van der Waals surface area contributed by atoms with Gasteiger partial charge in [0.1, 0.15) is 5.69 Å². The van der Waals surface area contributed by atoms with Crippen LogP contribution in [0.15, 0.2) is 36.0 Å². The molecule has 4 nitrogen and oxygen atoms in total. The second-order valence-electron chi connectivity index (χ2n) is 4.08. The molecule has 2 rings (SSSR count). The zero-order chi connectivity index (χ0) is 12.1. The summed E-state index contributed by atoms with van der Waals surface area (Å²) >= 11 is 0. The van der Waals surface area contributed by atoms with Gasteiger partial charge in [0.2, 0.25) is 0 Å². The molecule has 1 aromatic rings. The third kappa shape index (κ3) is 3.14. The average Bonchev–Trinajstić information content (AvgIpc) is 2.40. The fraction of sp³-hybridized carbons (Fsp3) is 0.385. The maximum atomic E-state index is 11.9. The first-order valence-corrected chi connectivity index (χ1v) is 5.94. The van der Waals surface area contributed by atoms with Crippen molar-refractivity contribution in [2.75, 3.05) is 13.1 Å². The van der Waals surface area contributed by atoms with Crippen molar-refractivity contribution in [3.05, 3.63) is 41.7 Å². The van der Waals surface area contributed by atoms with Crippen molar-refractivity contribution in [1.29, 1.82) is 0 Å². The van der Waals surface area contributed by atoms with Gasteiger partial charge in [-0.15, -0.1) is 0 Å². The Balaban J connectivity index is 1.94. The quantitative estimate of drug-likeness (QED) is 0.806. The smallest absolute Gasteiger partial charge is 0.283 e. The Morgan fingerprint density at radius 1 is 1.53 bits per heavy atom. The zero-order valence-electron chi connectivity index (χ0n) is 10.0. The number of pyridine rings is 1. The van der Waals surface area contributed by atoms with Crippen molar-refractivity contribution in [1.82, 2.24) is 15.4 Å². The highest BCUT2D eigenvalue weighted by Crippen LogP contribution is 2.10. The van der Waals surface area contributed by atoms with E-state index in [2.05, 4.69) is 23.4 Å². The predicted octanol–water partition coefficient (Wildman–Crippen LogP) is 1.77. The molecular weight excluding hydrogens is 214 g/mol. The lowest BCUT2D eigenvalue weighted by Gasteiger charge is -2.27. The monoisotopic (exact) mass is 231 g/mol. The van der Waals surface area contributed by atoms with Crippen molar-refractivity contribution in [2.45, 2.75) is 19.8 Å². The van der Waals surface area contributed by atoms with E-state index in [4.69, 9.17) is 0 Å². The minimum absolute atomic E-state index is 0.136. The van der Waals surface area contributed by atoms with E-state index in [9.17, 15) is 4.79 Å². The van der Waals surface area contributed by atoms with Crippen LogP contribution in [0.25, 0.3) is 0 Å². The molecule has 1 amide bonds. The lowest BCUT2D eigenvalue weighted by Crippen LogP contribution is -2.45. The van der Waals surface area contributed by atoms with Crippen LogP contribution < -0.4 is 5.43 Å². The Morgan fingerprint density at radius 2 is 2.41 bits per heavy atom. The van der Waals surface area contributed by atoms with Crippen molar-refractivity contribution >= 4 is 5.91 Å². The molecule has 0 radical (unpaired) electrons. The molecule has 0 aromatic carbocycles. The van der Waals surface area contributed by atoms with Crippen molar-refractivity contribution in [2.24, 2.45) is 0 Å². The van der Waals surface area contributed by atoms with Gasteiger partial charge in [0.15, 0.2) is 0 Å². The number of nitrogens with zero attached hydrogens (tertiary/aromatic N) is 2. The van der Waals surface area contributed by atoms with Gasteiger partial charge in [-0.1, -0.05) is 24.6 Å². The van der Waals surface area contributed by atoms with E-state index in [1.54, 1.807) is 18.3 Å². The van der Waals surface area contributed by atoms with Crippen LogP contribution >= 0.6 is 0 Å². The number of hydrogen-bond acceptors (Lipinski definition) is 3. The van der Waals surface area contributed by atoms with E-state index in [-0.39, 0.29) is 5.91 Å². The summed E-state index contributed by atoms with van der Waals surface area (Å²) in [7, 11) is 0. The molecular formula is C13H17N3O. The van der Waals surface area contributed by atoms with Gasteiger partial charge in [0.05, 0.1) is 0 Å². The molecule has 0 spiro atoms. The maximum Gasteiger partial charge on any atom is 0.284 e. The number of rotatable bonds is 3. The first-order valence-electron chi connectivity index (χ1n) is 5.94. The van der Waals surface area contributed by atoms with Gasteiger partial charge < -0.3 is 0 Å². The van der Waals surface area contributed by atoms with Crippen LogP contribution in [0, 0.1) is 0 Å². The first-order chi connectivity index (χ1) is 8.29.